The third-order valence-corrected chi connectivity index (χ3v) is 5.33. The number of halogens is 2. The Morgan fingerprint density at radius 1 is 1.25 bits per heavy atom. The molecule has 0 unspecified atom stereocenters. The zero-order chi connectivity index (χ0) is 21.9. The Bertz CT molecular complexity index is 810. The van der Waals surface area contributed by atoms with Crippen LogP contribution in [0.4, 0.5) is 0 Å². The molecule has 8 nitrogen and oxygen atoms in total. The molecule has 1 aliphatic heterocycles. The first-order valence-corrected chi connectivity index (χ1v) is 11.3. The molecule has 1 aliphatic rings. The SMILES string of the molecule is CCNC(=NCCc1nc(-c2ccc(Cl)cc2)no1)N1CCC(OCCCOC)CC1.I. The first-order chi connectivity index (χ1) is 15.2. The molecule has 1 aromatic heterocycles. The lowest BCUT2D eigenvalue weighted by molar-refractivity contribution is 0.00991. The van der Waals surface area contributed by atoms with Crippen LogP contribution in [0.1, 0.15) is 32.1 Å². The predicted molar refractivity (Wildman–Crippen MR) is 137 cm³/mol. The number of aliphatic imine (C=N–C) groups is 1. The van der Waals surface area contributed by atoms with E-state index in [2.05, 4.69) is 27.3 Å². The van der Waals surface area contributed by atoms with Crippen molar-refractivity contribution in [1.82, 2.24) is 20.4 Å². The summed E-state index contributed by atoms with van der Waals surface area (Å²) in [7, 11) is 1.72. The lowest BCUT2D eigenvalue weighted by Gasteiger charge is -2.34. The highest BCUT2D eigenvalue weighted by Gasteiger charge is 2.21. The van der Waals surface area contributed by atoms with Gasteiger partial charge in [0, 0.05) is 57.0 Å². The minimum absolute atomic E-state index is 0. The Morgan fingerprint density at radius 2 is 2.00 bits per heavy atom. The van der Waals surface area contributed by atoms with Crippen LogP contribution >= 0.6 is 35.6 Å². The molecule has 3 rings (SSSR count). The van der Waals surface area contributed by atoms with Gasteiger partial charge in [-0.1, -0.05) is 16.8 Å². The van der Waals surface area contributed by atoms with Crippen molar-refractivity contribution in [2.24, 2.45) is 4.99 Å². The summed E-state index contributed by atoms with van der Waals surface area (Å²) in [6, 6.07) is 7.38. The Balaban J connectivity index is 0.00000363. The first kappa shape index (κ1) is 26.8. The summed E-state index contributed by atoms with van der Waals surface area (Å²) in [5, 5.41) is 8.13. The monoisotopic (exact) mass is 577 g/mol. The Hall–Kier alpha value is -1.43. The van der Waals surface area contributed by atoms with E-state index in [4.69, 9.17) is 30.6 Å². The minimum Gasteiger partial charge on any atom is -0.385 e. The maximum Gasteiger partial charge on any atom is 0.228 e. The molecule has 0 atom stereocenters. The standard InChI is InChI=1S/C22H32ClN5O3.HI/c1-3-24-22(28-13-10-19(11-14-28)30-16-4-15-29-2)25-12-9-20-26-21(27-31-20)17-5-7-18(23)8-6-17;/h5-8,19H,3-4,9-16H2,1-2H3,(H,24,25);1H. The van der Waals surface area contributed by atoms with E-state index in [1.54, 1.807) is 7.11 Å². The summed E-state index contributed by atoms with van der Waals surface area (Å²) < 4.78 is 16.4. The van der Waals surface area contributed by atoms with Crippen LogP contribution in [0.15, 0.2) is 33.8 Å². The lowest BCUT2D eigenvalue weighted by atomic mass is 10.1. The average Bonchev–Trinajstić information content (AvgIpc) is 3.26. The van der Waals surface area contributed by atoms with Crippen molar-refractivity contribution in [2.45, 2.75) is 38.7 Å². The van der Waals surface area contributed by atoms with Crippen molar-refractivity contribution in [2.75, 3.05) is 46.5 Å². The molecule has 10 heteroatoms. The van der Waals surface area contributed by atoms with Gasteiger partial charge < -0.3 is 24.2 Å². The summed E-state index contributed by atoms with van der Waals surface area (Å²) in [5.41, 5.74) is 0.878. The second-order valence-corrected chi connectivity index (χ2v) is 7.84. The minimum atomic E-state index is 0. The average molecular weight is 578 g/mol. The second kappa shape index (κ2) is 14.7. The van der Waals surface area contributed by atoms with Crippen LogP contribution in [0, 0.1) is 0 Å². The fourth-order valence-corrected chi connectivity index (χ4v) is 3.57. The van der Waals surface area contributed by atoms with Crippen LogP contribution in [0.2, 0.25) is 5.02 Å². The molecule has 0 bridgehead atoms. The van der Waals surface area contributed by atoms with Gasteiger partial charge in [0.1, 0.15) is 0 Å². The highest BCUT2D eigenvalue weighted by molar-refractivity contribution is 14.0. The number of nitrogens with zero attached hydrogens (tertiary/aromatic N) is 4. The number of guanidine groups is 1. The van der Waals surface area contributed by atoms with Crippen molar-refractivity contribution in [3.8, 4) is 11.4 Å². The Kier molecular flexibility index (Phi) is 12.3. The lowest BCUT2D eigenvalue weighted by Crippen LogP contribution is -2.47. The maximum atomic E-state index is 5.96. The normalized spacial score (nSPS) is 15.0. The Morgan fingerprint density at radius 3 is 2.69 bits per heavy atom. The van der Waals surface area contributed by atoms with Gasteiger partial charge in [-0.3, -0.25) is 4.99 Å². The van der Waals surface area contributed by atoms with Gasteiger partial charge in [-0.25, -0.2) is 0 Å². The van der Waals surface area contributed by atoms with E-state index in [1.165, 1.54) is 0 Å². The topological polar surface area (TPSA) is 85.0 Å². The fraction of sp³-hybridized carbons (Fsp3) is 0.591. The largest absolute Gasteiger partial charge is 0.385 e. The summed E-state index contributed by atoms with van der Waals surface area (Å²) >= 11 is 5.93. The van der Waals surface area contributed by atoms with Gasteiger partial charge in [-0.05, 0) is 50.5 Å². The van der Waals surface area contributed by atoms with E-state index in [-0.39, 0.29) is 24.0 Å². The predicted octanol–water partition coefficient (Wildman–Crippen LogP) is 4.03. The molecule has 0 saturated carbocycles. The molecular formula is C22H33ClIN5O3. The smallest absolute Gasteiger partial charge is 0.228 e. The Labute approximate surface area is 212 Å². The van der Waals surface area contributed by atoms with Crippen molar-refractivity contribution in [3.63, 3.8) is 0 Å². The van der Waals surface area contributed by atoms with Crippen LogP contribution < -0.4 is 5.32 Å². The number of likely N-dealkylation sites (tertiary alicyclic amines) is 1. The highest BCUT2D eigenvalue weighted by Crippen LogP contribution is 2.19. The summed E-state index contributed by atoms with van der Waals surface area (Å²) in [5.74, 6) is 2.07. The van der Waals surface area contributed by atoms with Crippen molar-refractivity contribution in [1.29, 1.82) is 0 Å². The van der Waals surface area contributed by atoms with E-state index in [1.807, 2.05) is 24.3 Å². The molecule has 1 aromatic carbocycles. The molecule has 2 aromatic rings. The van der Waals surface area contributed by atoms with Gasteiger partial charge in [0.15, 0.2) is 5.96 Å². The van der Waals surface area contributed by atoms with Gasteiger partial charge in [0.25, 0.3) is 0 Å². The van der Waals surface area contributed by atoms with E-state index in [0.29, 0.717) is 35.8 Å². The zero-order valence-corrected chi connectivity index (χ0v) is 21.8. The molecule has 32 heavy (non-hydrogen) atoms. The number of aromatic nitrogens is 2. The van der Waals surface area contributed by atoms with Gasteiger partial charge >= 0.3 is 0 Å². The number of methoxy groups -OCH3 is 1. The summed E-state index contributed by atoms with van der Waals surface area (Å²) in [6.07, 6.45) is 3.86. The molecule has 1 fully saturated rings. The zero-order valence-electron chi connectivity index (χ0n) is 18.8. The van der Waals surface area contributed by atoms with Crippen molar-refractivity contribution >= 4 is 41.5 Å². The molecular weight excluding hydrogens is 545 g/mol. The van der Waals surface area contributed by atoms with E-state index in [0.717, 1.165) is 63.6 Å². The highest BCUT2D eigenvalue weighted by atomic mass is 127. The number of hydrogen-bond acceptors (Lipinski definition) is 6. The summed E-state index contributed by atoms with van der Waals surface area (Å²) in [4.78, 5) is 11.5. The molecule has 0 aliphatic carbocycles. The number of piperidine rings is 1. The molecule has 1 saturated heterocycles. The van der Waals surface area contributed by atoms with Crippen LogP contribution in [-0.4, -0.2) is 73.6 Å². The molecule has 0 radical (unpaired) electrons. The van der Waals surface area contributed by atoms with E-state index in [9.17, 15) is 0 Å². The quantitative estimate of drug-likeness (QED) is 0.198. The fourth-order valence-electron chi connectivity index (χ4n) is 3.44. The van der Waals surface area contributed by atoms with E-state index < -0.39 is 0 Å². The van der Waals surface area contributed by atoms with Gasteiger partial charge in [-0.15, -0.1) is 24.0 Å². The van der Waals surface area contributed by atoms with Gasteiger partial charge in [0.2, 0.25) is 11.7 Å². The van der Waals surface area contributed by atoms with Crippen LogP contribution in [0.25, 0.3) is 11.4 Å². The number of hydrogen-bond donors (Lipinski definition) is 1. The first-order valence-electron chi connectivity index (χ1n) is 10.9. The van der Waals surface area contributed by atoms with Gasteiger partial charge in [-0.2, -0.15) is 4.98 Å². The number of ether oxygens (including phenoxy) is 2. The molecule has 178 valence electrons. The molecule has 2 heterocycles. The van der Waals surface area contributed by atoms with Crippen LogP contribution in [-0.2, 0) is 15.9 Å². The van der Waals surface area contributed by atoms with E-state index >= 15 is 0 Å². The van der Waals surface area contributed by atoms with Crippen molar-refractivity contribution < 1.29 is 14.0 Å². The van der Waals surface area contributed by atoms with Crippen LogP contribution in [0.3, 0.4) is 0 Å². The van der Waals surface area contributed by atoms with Crippen LogP contribution in [0.5, 0.6) is 0 Å². The van der Waals surface area contributed by atoms with Gasteiger partial charge in [0.05, 0.1) is 12.6 Å². The number of rotatable bonds is 10. The third kappa shape index (κ3) is 8.49. The molecule has 0 amide bonds. The maximum absolute atomic E-state index is 5.96. The second-order valence-electron chi connectivity index (χ2n) is 7.41. The third-order valence-electron chi connectivity index (χ3n) is 5.08. The number of nitrogens with one attached hydrogen (secondary N) is 1. The van der Waals surface area contributed by atoms with Crippen molar-refractivity contribution in [3.05, 3.63) is 35.2 Å². The summed E-state index contributed by atoms with van der Waals surface area (Å²) in [6.45, 7) is 6.86. The molecule has 1 N–H and O–H groups in total. The molecule has 0 spiro atoms. The number of benzene rings is 1.